The van der Waals surface area contributed by atoms with Gasteiger partial charge in [-0.05, 0) is 12.1 Å². The molecule has 0 saturated heterocycles. The Balaban J connectivity index is 2.73. The molecular weight excluding hydrogens is 228 g/mol. The standard InChI is InChI=1S/C10H15ClN4O/c1-7(9(12)14-16)6-15(2)10-8(11)4-3-5-13-10/h3-5,7,16H,6H2,1-2H3,(H2,12,14). The molecule has 1 aromatic heterocycles. The van der Waals surface area contributed by atoms with E-state index in [1.165, 1.54) is 0 Å². The third kappa shape index (κ3) is 3.00. The molecule has 3 N–H and O–H groups in total. The largest absolute Gasteiger partial charge is 0.409 e. The number of anilines is 1. The molecule has 1 rings (SSSR count). The second kappa shape index (κ2) is 5.55. The van der Waals surface area contributed by atoms with Crippen molar-refractivity contribution in [2.24, 2.45) is 16.8 Å². The lowest BCUT2D eigenvalue weighted by Gasteiger charge is -2.22. The summed E-state index contributed by atoms with van der Waals surface area (Å²) in [7, 11) is 1.86. The van der Waals surface area contributed by atoms with Gasteiger partial charge in [0.2, 0.25) is 0 Å². The molecule has 0 bridgehead atoms. The number of halogens is 1. The minimum absolute atomic E-state index is 0.0759. The normalized spacial score (nSPS) is 13.6. The molecule has 0 amide bonds. The van der Waals surface area contributed by atoms with Crippen LogP contribution < -0.4 is 10.6 Å². The highest BCUT2D eigenvalue weighted by Crippen LogP contribution is 2.21. The molecular formula is C10H15ClN4O. The number of nitrogens with zero attached hydrogens (tertiary/aromatic N) is 3. The van der Waals surface area contributed by atoms with E-state index in [0.29, 0.717) is 17.4 Å². The van der Waals surface area contributed by atoms with Crippen LogP contribution in [0, 0.1) is 5.92 Å². The first-order chi connectivity index (χ1) is 7.56. The molecule has 1 atom stereocenters. The minimum atomic E-state index is -0.0759. The lowest BCUT2D eigenvalue weighted by atomic mass is 10.1. The van der Waals surface area contributed by atoms with Crippen LogP contribution in [0.1, 0.15) is 6.92 Å². The number of oxime groups is 1. The molecule has 1 aromatic rings. The van der Waals surface area contributed by atoms with E-state index < -0.39 is 0 Å². The van der Waals surface area contributed by atoms with Crippen LogP contribution in [0.25, 0.3) is 0 Å². The monoisotopic (exact) mass is 242 g/mol. The van der Waals surface area contributed by atoms with Crippen LogP contribution in [0.5, 0.6) is 0 Å². The Bertz CT molecular complexity index is 383. The lowest BCUT2D eigenvalue weighted by Crippen LogP contribution is -2.33. The van der Waals surface area contributed by atoms with Gasteiger partial charge >= 0.3 is 0 Å². The van der Waals surface area contributed by atoms with E-state index in [1.807, 2.05) is 18.9 Å². The molecule has 0 spiro atoms. The maximum Gasteiger partial charge on any atom is 0.147 e. The maximum atomic E-state index is 8.55. The highest BCUT2D eigenvalue weighted by Gasteiger charge is 2.13. The van der Waals surface area contributed by atoms with Crippen molar-refractivity contribution in [2.75, 3.05) is 18.5 Å². The fourth-order valence-electron chi connectivity index (χ4n) is 1.35. The van der Waals surface area contributed by atoms with Crippen LogP contribution in [0.4, 0.5) is 5.82 Å². The van der Waals surface area contributed by atoms with E-state index in [1.54, 1.807) is 18.3 Å². The number of hydrogen-bond acceptors (Lipinski definition) is 4. The van der Waals surface area contributed by atoms with Crippen LogP contribution in [0.15, 0.2) is 23.5 Å². The number of hydrogen-bond donors (Lipinski definition) is 2. The zero-order valence-electron chi connectivity index (χ0n) is 9.26. The number of pyridine rings is 1. The molecule has 0 fully saturated rings. The Morgan fingerprint density at radius 2 is 2.44 bits per heavy atom. The first-order valence-electron chi connectivity index (χ1n) is 4.85. The van der Waals surface area contributed by atoms with Crippen LogP contribution in [-0.2, 0) is 0 Å². The molecule has 0 aromatic carbocycles. The van der Waals surface area contributed by atoms with Crippen molar-refractivity contribution in [2.45, 2.75) is 6.92 Å². The minimum Gasteiger partial charge on any atom is -0.409 e. The Kier molecular flexibility index (Phi) is 4.37. The van der Waals surface area contributed by atoms with E-state index in [0.717, 1.165) is 0 Å². The summed E-state index contributed by atoms with van der Waals surface area (Å²) in [5.41, 5.74) is 5.50. The average Bonchev–Trinajstić information content (AvgIpc) is 2.28. The van der Waals surface area contributed by atoms with Crippen molar-refractivity contribution in [1.29, 1.82) is 0 Å². The van der Waals surface area contributed by atoms with Gasteiger partial charge < -0.3 is 15.8 Å². The predicted molar refractivity (Wildman–Crippen MR) is 65.1 cm³/mol. The maximum absolute atomic E-state index is 8.55. The van der Waals surface area contributed by atoms with Crippen molar-refractivity contribution in [1.82, 2.24) is 4.98 Å². The molecule has 0 saturated carbocycles. The molecule has 0 aliphatic rings. The Morgan fingerprint density at radius 3 is 3.00 bits per heavy atom. The van der Waals surface area contributed by atoms with Crippen molar-refractivity contribution >= 4 is 23.3 Å². The van der Waals surface area contributed by atoms with Crippen LogP contribution in [-0.4, -0.2) is 29.6 Å². The fourth-order valence-corrected chi connectivity index (χ4v) is 1.61. The summed E-state index contributed by atoms with van der Waals surface area (Å²) < 4.78 is 0. The summed E-state index contributed by atoms with van der Waals surface area (Å²) in [4.78, 5) is 6.03. The summed E-state index contributed by atoms with van der Waals surface area (Å²) in [6.07, 6.45) is 1.67. The van der Waals surface area contributed by atoms with E-state index in [-0.39, 0.29) is 11.8 Å². The number of nitrogens with two attached hydrogens (primary N) is 1. The summed E-state index contributed by atoms with van der Waals surface area (Å²) in [6.45, 7) is 2.44. The van der Waals surface area contributed by atoms with Gasteiger partial charge in [0.25, 0.3) is 0 Å². The third-order valence-corrected chi connectivity index (χ3v) is 2.56. The van der Waals surface area contributed by atoms with Gasteiger partial charge in [0.1, 0.15) is 11.7 Å². The summed E-state index contributed by atoms with van der Waals surface area (Å²) in [6, 6.07) is 3.54. The average molecular weight is 243 g/mol. The molecule has 5 nitrogen and oxygen atoms in total. The molecule has 1 unspecified atom stereocenters. The highest BCUT2D eigenvalue weighted by atomic mass is 35.5. The lowest BCUT2D eigenvalue weighted by molar-refractivity contribution is 0.314. The van der Waals surface area contributed by atoms with E-state index in [4.69, 9.17) is 22.5 Å². The van der Waals surface area contributed by atoms with Crippen molar-refractivity contribution in [3.63, 3.8) is 0 Å². The van der Waals surface area contributed by atoms with Gasteiger partial charge in [-0.2, -0.15) is 0 Å². The van der Waals surface area contributed by atoms with Crippen LogP contribution in [0.3, 0.4) is 0 Å². The molecule has 6 heteroatoms. The Labute approximate surface area is 99.5 Å². The SMILES string of the molecule is CC(CN(C)c1ncccc1Cl)C(N)=NO. The predicted octanol–water partition coefficient (Wildman–Crippen LogP) is 1.55. The second-order valence-electron chi connectivity index (χ2n) is 3.62. The van der Waals surface area contributed by atoms with E-state index in [2.05, 4.69) is 10.1 Å². The number of rotatable bonds is 4. The van der Waals surface area contributed by atoms with Gasteiger partial charge in [-0.1, -0.05) is 23.7 Å². The molecule has 1 heterocycles. The summed E-state index contributed by atoms with van der Waals surface area (Å²) >= 11 is 6.00. The second-order valence-corrected chi connectivity index (χ2v) is 4.02. The Morgan fingerprint density at radius 1 is 1.75 bits per heavy atom. The van der Waals surface area contributed by atoms with Crippen LogP contribution >= 0.6 is 11.6 Å². The van der Waals surface area contributed by atoms with Gasteiger partial charge in [0, 0.05) is 25.7 Å². The molecule has 16 heavy (non-hydrogen) atoms. The quantitative estimate of drug-likeness (QED) is 0.364. The van der Waals surface area contributed by atoms with Gasteiger partial charge in [0.05, 0.1) is 5.02 Å². The van der Waals surface area contributed by atoms with Gasteiger partial charge in [-0.25, -0.2) is 4.98 Å². The fraction of sp³-hybridized carbons (Fsp3) is 0.400. The first kappa shape index (κ1) is 12.6. The summed E-state index contributed by atoms with van der Waals surface area (Å²) in [5, 5.41) is 12.1. The number of amidine groups is 1. The van der Waals surface area contributed by atoms with E-state index >= 15 is 0 Å². The van der Waals surface area contributed by atoms with Gasteiger partial charge in [-0.15, -0.1) is 0 Å². The zero-order valence-corrected chi connectivity index (χ0v) is 10.0. The topological polar surface area (TPSA) is 74.7 Å². The molecule has 0 radical (unpaired) electrons. The number of aromatic nitrogens is 1. The van der Waals surface area contributed by atoms with Gasteiger partial charge in [0.15, 0.2) is 0 Å². The first-order valence-corrected chi connectivity index (χ1v) is 5.23. The molecule has 0 aliphatic heterocycles. The van der Waals surface area contributed by atoms with Gasteiger partial charge in [-0.3, -0.25) is 0 Å². The van der Waals surface area contributed by atoms with Crippen molar-refractivity contribution < 1.29 is 5.21 Å². The van der Waals surface area contributed by atoms with Crippen molar-refractivity contribution in [3.05, 3.63) is 23.4 Å². The Hall–Kier alpha value is -1.49. The van der Waals surface area contributed by atoms with Crippen LogP contribution in [0.2, 0.25) is 5.02 Å². The zero-order chi connectivity index (χ0) is 12.1. The smallest absolute Gasteiger partial charge is 0.147 e. The van der Waals surface area contributed by atoms with Crippen molar-refractivity contribution in [3.8, 4) is 0 Å². The summed E-state index contributed by atoms with van der Waals surface area (Å²) in [5.74, 6) is 0.800. The highest BCUT2D eigenvalue weighted by molar-refractivity contribution is 6.32. The molecule has 88 valence electrons. The van der Waals surface area contributed by atoms with E-state index in [9.17, 15) is 0 Å². The molecule has 0 aliphatic carbocycles. The third-order valence-electron chi connectivity index (χ3n) is 2.27.